The maximum absolute atomic E-state index is 14.0. The number of carbonyl (C=O) groups is 1. The lowest BCUT2D eigenvalue weighted by atomic mass is 10.1. The molecule has 0 bridgehead atoms. The summed E-state index contributed by atoms with van der Waals surface area (Å²) < 4.78 is 95.1. The Morgan fingerprint density at radius 2 is 1.76 bits per heavy atom. The highest BCUT2D eigenvalue weighted by Gasteiger charge is 2.34. The molecule has 0 aliphatic carbocycles. The van der Waals surface area contributed by atoms with Crippen LogP contribution < -0.4 is 4.74 Å². The monoisotopic (exact) mass is 375 g/mol. The van der Waals surface area contributed by atoms with Gasteiger partial charge in [-0.05, 0) is 12.1 Å². The predicted octanol–water partition coefficient (Wildman–Crippen LogP) is 3.91. The SMILES string of the molecule is O=C(O)c1cn(CCOC(F)(F)F)c2c(F)ccc(OC(F)(F)F)c12. The van der Waals surface area contributed by atoms with Crippen LogP contribution in [0.3, 0.4) is 0 Å². The molecule has 1 heterocycles. The third kappa shape index (κ3) is 4.53. The molecule has 0 aliphatic rings. The van der Waals surface area contributed by atoms with Gasteiger partial charge in [-0.1, -0.05) is 0 Å². The number of hydrogen-bond donors (Lipinski definition) is 1. The van der Waals surface area contributed by atoms with Gasteiger partial charge in [-0.15, -0.1) is 26.3 Å². The number of carboxylic acid groups (broad SMARTS) is 1. The van der Waals surface area contributed by atoms with Gasteiger partial charge < -0.3 is 14.4 Å². The maximum atomic E-state index is 14.0. The average Bonchev–Trinajstić information content (AvgIpc) is 2.80. The number of ether oxygens (including phenoxy) is 2. The van der Waals surface area contributed by atoms with Gasteiger partial charge in [0, 0.05) is 12.7 Å². The lowest BCUT2D eigenvalue weighted by molar-refractivity contribution is -0.325. The molecule has 0 spiro atoms. The van der Waals surface area contributed by atoms with E-state index in [9.17, 15) is 35.5 Å². The summed E-state index contributed by atoms with van der Waals surface area (Å²) in [6, 6.07) is 1.16. The fourth-order valence-corrected chi connectivity index (χ4v) is 2.18. The molecule has 0 saturated heterocycles. The van der Waals surface area contributed by atoms with E-state index in [1.807, 2.05) is 0 Å². The Kier molecular flexibility index (Phi) is 4.84. The number of carboxylic acids is 1. The van der Waals surface area contributed by atoms with Crippen LogP contribution in [0.15, 0.2) is 18.3 Å². The Morgan fingerprint density at radius 1 is 1.12 bits per heavy atom. The molecule has 1 aromatic carbocycles. The average molecular weight is 375 g/mol. The van der Waals surface area contributed by atoms with Gasteiger partial charge in [0.2, 0.25) is 0 Å². The van der Waals surface area contributed by atoms with Crippen LogP contribution in [-0.2, 0) is 11.3 Å². The van der Waals surface area contributed by atoms with Crippen molar-refractivity contribution in [2.24, 2.45) is 0 Å². The van der Waals surface area contributed by atoms with Crippen molar-refractivity contribution in [3.8, 4) is 5.75 Å². The minimum atomic E-state index is -5.18. The molecule has 2 aromatic rings. The maximum Gasteiger partial charge on any atom is 0.573 e. The molecule has 0 amide bonds. The van der Waals surface area contributed by atoms with E-state index < -0.39 is 59.9 Å². The summed E-state index contributed by atoms with van der Waals surface area (Å²) in [6.07, 6.45) is -9.44. The Balaban J connectivity index is 2.53. The van der Waals surface area contributed by atoms with Crippen LogP contribution in [-0.4, -0.2) is 35.0 Å². The molecule has 12 heteroatoms. The first kappa shape index (κ1) is 18.8. The predicted molar refractivity (Wildman–Crippen MR) is 67.5 cm³/mol. The summed E-state index contributed by atoms with van der Waals surface area (Å²) in [7, 11) is 0. The lowest BCUT2D eigenvalue weighted by Crippen LogP contribution is -2.18. The molecule has 1 aromatic heterocycles. The van der Waals surface area contributed by atoms with Crippen LogP contribution in [0.2, 0.25) is 0 Å². The second kappa shape index (κ2) is 6.43. The summed E-state index contributed by atoms with van der Waals surface area (Å²) in [5.41, 5.74) is -1.41. The van der Waals surface area contributed by atoms with E-state index in [1.165, 1.54) is 0 Å². The molecule has 0 unspecified atom stereocenters. The molecule has 0 aliphatic heterocycles. The van der Waals surface area contributed by atoms with Crippen LogP contribution in [0.1, 0.15) is 10.4 Å². The van der Waals surface area contributed by atoms with Crippen LogP contribution in [0.25, 0.3) is 10.9 Å². The Hall–Kier alpha value is -2.50. The van der Waals surface area contributed by atoms with Gasteiger partial charge in [-0.2, -0.15) is 0 Å². The van der Waals surface area contributed by atoms with E-state index in [1.54, 1.807) is 0 Å². The number of fused-ring (bicyclic) bond motifs is 1. The Bertz CT molecular complexity index is 794. The fourth-order valence-electron chi connectivity index (χ4n) is 2.18. The van der Waals surface area contributed by atoms with Crippen molar-refractivity contribution in [3.05, 3.63) is 29.7 Å². The third-order valence-electron chi connectivity index (χ3n) is 2.99. The van der Waals surface area contributed by atoms with Crippen LogP contribution in [0.4, 0.5) is 30.7 Å². The minimum Gasteiger partial charge on any atom is -0.478 e. The summed E-state index contributed by atoms with van der Waals surface area (Å²) in [5, 5.41) is 8.36. The molecular weight excluding hydrogens is 367 g/mol. The minimum absolute atomic E-state index is 0.578. The molecule has 0 fully saturated rings. The summed E-state index contributed by atoms with van der Waals surface area (Å²) in [5.74, 6) is -3.83. The molecule has 2 rings (SSSR count). The lowest BCUT2D eigenvalue weighted by Gasteiger charge is -2.12. The summed E-state index contributed by atoms with van der Waals surface area (Å²) in [4.78, 5) is 11.2. The molecule has 138 valence electrons. The van der Waals surface area contributed by atoms with Crippen molar-refractivity contribution in [1.29, 1.82) is 0 Å². The van der Waals surface area contributed by atoms with Crippen molar-refractivity contribution in [1.82, 2.24) is 4.57 Å². The van der Waals surface area contributed by atoms with Crippen LogP contribution in [0, 0.1) is 5.82 Å². The van der Waals surface area contributed by atoms with Gasteiger partial charge >= 0.3 is 18.7 Å². The molecule has 0 radical (unpaired) electrons. The van der Waals surface area contributed by atoms with E-state index >= 15 is 0 Å². The largest absolute Gasteiger partial charge is 0.573 e. The molecule has 5 nitrogen and oxygen atoms in total. The molecule has 0 saturated carbocycles. The zero-order chi connectivity index (χ0) is 19.0. The number of halogens is 7. The van der Waals surface area contributed by atoms with Crippen LogP contribution >= 0.6 is 0 Å². The number of aromatic carboxylic acids is 1. The first-order valence-corrected chi connectivity index (χ1v) is 6.40. The van der Waals surface area contributed by atoms with Gasteiger partial charge in [-0.3, -0.25) is 4.74 Å². The number of hydrogen-bond acceptors (Lipinski definition) is 3. The van der Waals surface area contributed by atoms with E-state index in [0.717, 1.165) is 0 Å². The highest BCUT2D eigenvalue weighted by molar-refractivity contribution is 6.06. The van der Waals surface area contributed by atoms with Gasteiger partial charge in [-0.25, -0.2) is 9.18 Å². The summed E-state index contributed by atoms with van der Waals surface area (Å²) >= 11 is 0. The van der Waals surface area contributed by atoms with Gasteiger partial charge in [0.15, 0.2) is 0 Å². The van der Waals surface area contributed by atoms with E-state index in [2.05, 4.69) is 9.47 Å². The van der Waals surface area contributed by atoms with E-state index in [4.69, 9.17) is 5.11 Å². The second-order valence-corrected chi connectivity index (χ2v) is 4.65. The summed E-state index contributed by atoms with van der Waals surface area (Å²) in [6.45, 7) is -1.66. The number of alkyl halides is 6. The second-order valence-electron chi connectivity index (χ2n) is 4.65. The highest BCUT2D eigenvalue weighted by atomic mass is 19.4. The number of nitrogens with zero attached hydrogens (tertiary/aromatic N) is 1. The zero-order valence-corrected chi connectivity index (χ0v) is 11.9. The molecule has 1 N–H and O–H groups in total. The highest BCUT2D eigenvalue weighted by Crippen LogP contribution is 2.36. The van der Waals surface area contributed by atoms with Gasteiger partial charge in [0.25, 0.3) is 0 Å². The van der Waals surface area contributed by atoms with Crippen molar-refractivity contribution in [2.45, 2.75) is 19.3 Å². The van der Waals surface area contributed by atoms with E-state index in [0.29, 0.717) is 22.9 Å². The number of rotatable bonds is 5. The first-order valence-electron chi connectivity index (χ1n) is 6.40. The van der Waals surface area contributed by atoms with Crippen molar-refractivity contribution in [3.63, 3.8) is 0 Å². The number of benzene rings is 1. The van der Waals surface area contributed by atoms with E-state index in [-0.39, 0.29) is 0 Å². The topological polar surface area (TPSA) is 60.7 Å². The van der Waals surface area contributed by atoms with Gasteiger partial charge in [0.05, 0.1) is 23.1 Å². The fraction of sp³-hybridized carbons (Fsp3) is 0.308. The molecule has 0 atom stereocenters. The van der Waals surface area contributed by atoms with Gasteiger partial charge in [0.1, 0.15) is 11.6 Å². The zero-order valence-electron chi connectivity index (χ0n) is 11.9. The standard InChI is InChI=1S/C13H8F7NO4/c14-7-1-2-8(25-13(18,19)20)9-6(11(22)23)5-21(10(7)9)3-4-24-12(15,16)17/h1-2,5H,3-4H2,(H,22,23). The van der Waals surface area contributed by atoms with Crippen molar-refractivity contribution >= 4 is 16.9 Å². The van der Waals surface area contributed by atoms with Crippen molar-refractivity contribution < 1.29 is 50.1 Å². The Labute approximate surface area is 134 Å². The van der Waals surface area contributed by atoms with Crippen molar-refractivity contribution in [2.75, 3.05) is 6.61 Å². The quantitative estimate of drug-likeness (QED) is 0.805. The van der Waals surface area contributed by atoms with Crippen LogP contribution in [0.5, 0.6) is 5.75 Å². The molecular formula is C13H8F7NO4. The Morgan fingerprint density at radius 3 is 2.28 bits per heavy atom. The third-order valence-corrected chi connectivity index (χ3v) is 2.99. The molecule has 25 heavy (non-hydrogen) atoms. The first-order chi connectivity index (χ1) is 11.4. The normalized spacial score (nSPS) is 12.6. The smallest absolute Gasteiger partial charge is 0.478 e. The number of aromatic nitrogens is 1.